The van der Waals surface area contributed by atoms with Gasteiger partial charge in [-0.2, -0.15) is 0 Å². The Labute approximate surface area is 177 Å². The van der Waals surface area contributed by atoms with E-state index in [0.717, 1.165) is 36.5 Å². The van der Waals surface area contributed by atoms with Crippen molar-refractivity contribution in [3.8, 4) is 11.4 Å². The van der Waals surface area contributed by atoms with E-state index in [1.807, 2.05) is 6.07 Å². The molecular formula is C20H28N6O3S. The van der Waals surface area contributed by atoms with E-state index in [-0.39, 0.29) is 12.0 Å². The summed E-state index contributed by atoms with van der Waals surface area (Å²) < 4.78 is 30.8. The van der Waals surface area contributed by atoms with Crippen molar-refractivity contribution in [2.45, 2.75) is 31.7 Å². The van der Waals surface area contributed by atoms with Crippen LogP contribution in [-0.2, 0) is 14.8 Å². The van der Waals surface area contributed by atoms with Gasteiger partial charge in [0.05, 0.1) is 25.5 Å². The molecule has 2 fully saturated rings. The summed E-state index contributed by atoms with van der Waals surface area (Å²) >= 11 is 0. The highest BCUT2D eigenvalue weighted by atomic mass is 32.2. The van der Waals surface area contributed by atoms with Crippen LogP contribution in [0.15, 0.2) is 24.4 Å². The molecule has 2 aliphatic heterocycles. The topological polar surface area (TPSA) is 115 Å². The maximum absolute atomic E-state index is 11.9. The van der Waals surface area contributed by atoms with E-state index in [1.54, 1.807) is 16.6 Å². The van der Waals surface area contributed by atoms with Crippen molar-refractivity contribution in [1.29, 1.82) is 0 Å². The van der Waals surface area contributed by atoms with Crippen molar-refractivity contribution in [3.05, 3.63) is 30.1 Å². The van der Waals surface area contributed by atoms with Gasteiger partial charge in [-0.25, -0.2) is 27.7 Å². The maximum atomic E-state index is 11.9. The first-order valence-corrected chi connectivity index (χ1v) is 12.1. The van der Waals surface area contributed by atoms with Gasteiger partial charge in [-0.05, 0) is 31.9 Å². The quantitative estimate of drug-likeness (QED) is 0.773. The fourth-order valence-electron chi connectivity index (χ4n) is 4.08. The number of nitrogens with two attached hydrogens (primary N) is 1. The zero-order valence-corrected chi connectivity index (χ0v) is 18.2. The number of hydrogen-bond acceptors (Lipinski definition) is 8. The minimum absolute atomic E-state index is 0.180. The zero-order valence-electron chi connectivity index (χ0n) is 17.4. The van der Waals surface area contributed by atoms with Crippen molar-refractivity contribution in [1.82, 2.24) is 19.3 Å². The number of anilines is 2. The first kappa shape index (κ1) is 21.0. The van der Waals surface area contributed by atoms with Crippen LogP contribution < -0.4 is 10.6 Å². The fraction of sp³-hybridized carbons (Fsp3) is 0.550. The molecule has 9 nitrogen and oxygen atoms in total. The van der Waals surface area contributed by atoms with Crippen molar-refractivity contribution < 1.29 is 13.2 Å². The van der Waals surface area contributed by atoms with Gasteiger partial charge in [0, 0.05) is 49.1 Å². The number of morpholine rings is 1. The zero-order chi connectivity index (χ0) is 21.3. The van der Waals surface area contributed by atoms with E-state index in [9.17, 15) is 8.42 Å². The normalized spacial score (nSPS) is 21.7. The number of hydrogen-bond donors (Lipinski definition) is 1. The van der Waals surface area contributed by atoms with E-state index >= 15 is 0 Å². The van der Waals surface area contributed by atoms with Gasteiger partial charge in [-0.3, -0.25) is 0 Å². The van der Waals surface area contributed by atoms with Gasteiger partial charge in [0.1, 0.15) is 11.6 Å². The number of nitrogens with zero attached hydrogens (tertiary/aromatic N) is 5. The SMILES string of the molecule is C[C@@H]1COCCN1c1cc(C2CCN(S(C)(=O)=O)CC2)nc(-c2ccnc(N)c2)n1. The van der Waals surface area contributed by atoms with Gasteiger partial charge in [0.2, 0.25) is 10.0 Å². The molecule has 0 saturated carbocycles. The predicted molar refractivity (Wildman–Crippen MR) is 116 cm³/mol. The molecule has 2 N–H and O–H groups in total. The van der Waals surface area contributed by atoms with Gasteiger partial charge in [-0.1, -0.05) is 0 Å². The van der Waals surface area contributed by atoms with E-state index in [4.69, 9.17) is 20.4 Å². The van der Waals surface area contributed by atoms with Crippen molar-refractivity contribution in [3.63, 3.8) is 0 Å². The Bertz CT molecular complexity index is 1010. The molecule has 2 aromatic heterocycles. The molecule has 0 unspecified atom stereocenters. The summed E-state index contributed by atoms with van der Waals surface area (Å²) in [6, 6.07) is 5.90. The molecule has 162 valence electrons. The molecule has 30 heavy (non-hydrogen) atoms. The van der Waals surface area contributed by atoms with Gasteiger partial charge >= 0.3 is 0 Å². The van der Waals surface area contributed by atoms with Crippen LogP contribution >= 0.6 is 0 Å². The summed E-state index contributed by atoms with van der Waals surface area (Å²) in [7, 11) is -3.16. The summed E-state index contributed by atoms with van der Waals surface area (Å²) in [5, 5.41) is 0. The second kappa shape index (κ2) is 8.44. The Hall–Kier alpha value is -2.30. The van der Waals surface area contributed by atoms with Crippen LogP contribution in [-0.4, -0.2) is 72.8 Å². The molecule has 2 aliphatic rings. The number of rotatable bonds is 4. The third kappa shape index (κ3) is 4.55. The second-order valence-corrected chi connectivity index (χ2v) is 9.98. The first-order chi connectivity index (χ1) is 14.3. The standard InChI is InChI=1S/C20H28N6O3S/c1-14-13-29-10-9-26(14)19-12-17(15-4-7-25(8-5-15)30(2,27)28)23-20(24-19)16-3-6-22-18(21)11-16/h3,6,11-12,14-15H,4-5,7-10,13H2,1-2H3,(H2,21,22)/t14-/m1/s1. The smallest absolute Gasteiger partial charge is 0.211 e. The van der Waals surface area contributed by atoms with Crippen LogP contribution in [0.3, 0.4) is 0 Å². The van der Waals surface area contributed by atoms with Crippen LogP contribution in [0.5, 0.6) is 0 Å². The number of nitrogen functional groups attached to an aromatic ring is 1. The molecular weight excluding hydrogens is 404 g/mol. The molecule has 0 amide bonds. The van der Waals surface area contributed by atoms with E-state index in [0.29, 0.717) is 37.9 Å². The Morgan fingerprint density at radius 1 is 1.17 bits per heavy atom. The minimum atomic E-state index is -3.16. The molecule has 2 saturated heterocycles. The molecule has 0 bridgehead atoms. The second-order valence-electron chi connectivity index (χ2n) is 8.00. The molecule has 4 rings (SSSR count). The third-order valence-electron chi connectivity index (χ3n) is 5.77. The fourth-order valence-corrected chi connectivity index (χ4v) is 4.95. The van der Waals surface area contributed by atoms with Crippen LogP contribution in [0, 0.1) is 0 Å². The number of aromatic nitrogens is 3. The predicted octanol–water partition coefficient (Wildman–Crippen LogP) is 1.48. The van der Waals surface area contributed by atoms with E-state index < -0.39 is 10.0 Å². The molecule has 4 heterocycles. The van der Waals surface area contributed by atoms with E-state index in [2.05, 4.69) is 22.9 Å². The Morgan fingerprint density at radius 2 is 1.93 bits per heavy atom. The molecule has 2 aromatic rings. The molecule has 1 atom stereocenters. The number of piperidine rings is 1. The van der Waals surface area contributed by atoms with Gasteiger partial charge in [-0.15, -0.1) is 0 Å². The number of sulfonamides is 1. The Morgan fingerprint density at radius 3 is 2.60 bits per heavy atom. The lowest BCUT2D eigenvalue weighted by Gasteiger charge is -2.35. The molecule has 0 aliphatic carbocycles. The van der Waals surface area contributed by atoms with Crippen LogP contribution in [0.1, 0.15) is 31.4 Å². The van der Waals surface area contributed by atoms with Crippen LogP contribution in [0.25, 0.3) is 11.4 Å². The summed E-state index contributed by atoms with van der Waals surface area (Å²) in [4.78, 5) is 16.0. The maximum Gasteiger partial charge on any atom is 0.211 e. The first-order valence-electron chi connectivity index (χ1n) is 10.2. The molecule has 0 spiro atoms. The highest BCUT2D eigenvalue weighted by Gasteiger charge is 2.28. The molecule has 0 radical (unpaired) electrons. The largest absolute Gasteiger partial charge is 0.384 e. The minimum Gasteiger partial charge on any atom is -0.384 e. The van der Waals surface area contributed by atoms with Crippen molar-refractivity contribution in [2.75, 3.05) is 49.7 Å². The monoisotopic (exact) mass is 432 g/mol. The van der Waals surface area contributed by atoms with Crippen molar-refractivity contribution >= 4 is 21.7 Å². The Kier molecular flexibility index (Phi) is 5.90. The molecule has 10 heteroatoms. The van der Waals surface area contributed by atoms with Crippen LogP contribution in [0.4, 0.5) is 11.6 Å². The summed E-state index contributed by atoms with van der Waals surface area (Å²) in [5.41, 5.74) is 7.64. The summed E-state index contributed by atoms with van der Waals surface area (Å²) in [6.45, 7) is 5.22. The van der Waals surface area contributed by atoms with Gasteiger partial charge < -0.3 is 15.4 Å². The van der Waals surface area contributed by atoms with Gasteiger partial charge in [0.15, 0.2) is 5.82 Å². The lowest BCUT2D eigenvalue weighted by molar-refractivity contribution is 0.0985. The molecule has 0 aromatic carbocycles. The van der Waals surface area contributed by atoms with Gasteiger partial charge in [0.25, 0.3) is 0 Å². The highest BCUT2D eigenvalue weighted by molar-refractivity contribution is 7.88. The average Bonchev–Trinajstić information content (AvgIpc) is 2.73. The third-order valence-corrected chi connectivity index (χ3v) is 7.08. The highest BCUT2D eigenvalue weighted by Crippen LogP contribution is 2.32. The number of pyridine rings is 1. The van der Waals surface area contributed by atoms with Crippen molar-refractivity contribution in [2.24, 2.45) is 0 Å². The summed E-state index contributed by atoms with van der Waals surface area (Å²) in [5.74, 6) is 2.08. The van der Waals surface area contributed by atoms with E-state index in [1.165, 1.54) is 6.26 Å². The Balaban J connectivity index is 1.69. The lowest BCUT2D eigenvalue weighted by Crippen LogP contribution is -2.44. The lowest BCUT2D eigenvalue weighted by atomic mass is 9.94. The summed E-state index contributed by atoms with van der Waals surface area (Å²) in [6.07, 6.45) is 4.39. The van der Waals surface area contributed by atoms with Crippen LogP contribution in [0.2, 0.25) is 0 Å². The number of ether oxygens (including phenoxy) is 1. The average molecular weight is 433 g/mol.